The molecule has 2 heterocycles. The Bertz CT molecular complexity index is 557. The molecule has 0 aliphatic carbocycles. The average molecular weight is 284 g/mol. The molecule has 5 nitrogen and oxygen atoms in total. The van der Waals surface area contributed by atoms with Gasteiger partial charge >= 0.3 is 0 Å². The molecule has 0 saturated carbocycles. The smallest absolute Gasteiger partial charge is 0.195 e. The van der Waals surface area contributed by atoms with E-state index in [-0.39, 0.29) is 0 Å². The number of H-pyrrole nitrogens is 1. The van der Waals surface area contributed by atoms with Gasteiger partial charge in [-0.15, -0.1) is 11.3 Å². The van der Waals surface area contributed by atoms with Gasteiger partial charge in [0.2, 0.25) is 0 Å². The third kappa shape index (κ3) is 2.85. The molecule has 1 N–H and O–H groups in total. The number of nitrogens with one attached hydrogen (secondary N) is 1. The molecular weight excluding hydrogens is 268 g/mol. The molecule has 2 aromatic rings. The highest BCUT2D eigenvalue weighted by atomic mass is 32.1. The first-order chi connectivity index (χ1) is 8.76. The van der Waals surface area contributed by atoms with Crippen molar-refractivity contribution in [1.29, 1.82) is 0 Å². The summed E-state index contributed by atoms with van der Waals surface area (Å²) < 4.78 is 7.73. The van der Waals surface area contributed by atoms with E-state index in [1.165, 1.54) is 0 Å². The topological polar surface area (TPSA) is 55.7 Å². The molecule has 0 aromatic carbocycles. The van der Waals surface area contributed by atoms with Crippen LogP contribution in [0.2, 0.25) is 0 Å². The molecule has 0 aliphatic heterocycles. The van der Waals surface area contributed by atoms with E-state index < -0.39 is 0 Å². The van der Waals surface area contributed by atoms with Crippen LogP contribution in [0, 0.1) is 4.77 Å². The van der Waals surface area contributed by atoms with E-state index in [1.54, 1.807) is 18.4 Å². The number of hydrogen-bond acceptors (Lipinski definition) is 5. The summed E-state index contributed by atoms with van der Waals surface area (Å²) in [5.41, 5.74) is 0. The molecule has 0 saturated heterocycles. The Balaban J connectivity index is 2.25. The molecule has 0 aliphatic rings. The van der Waals surface area contributed by atoms with E-state index in [1.807, 2.05) is 10.8 Å². The second-order valence-electron chi connectivity index (χ2n) is 3.87. The maximum atomic E-state index is 5.22. The van der Waals surface area contributed by atoms with Gasteiger partial charge in [-0.1, -0.05) is 6.92 Å². The molecule has 2 aromatic heterocycles. The molecule has 0 amide bonds. The first-order valence-electron chi connectivity index (χ1n) is 5.85. The van der Waals surface area contributed by atoms with Crippen molar-refractivity contribution < 1.29 is 4.74 Å². The molecule has 0 bridgehead atoms. The lowest BCUT2D eigenvalue weighted by molar-refractivity contribution is 0.202. The van der Waals surface area contributed by atoms with Gasteiger partial charge in [-0.25, -0.2) is 4.98 Å². The third-order valence-electron chi connectivity index (χ3n) is 2.50. The average Bonchev–Trinajstić information content (AvgIpc) is 2.95. The summed E-state index contributed by atoms with van der Waals surface area (Å²) in [5.74, 6) is 0.878. The monoisotopic (exact) mass is 284 g/mol. The summed E-state index contributed by atoms with van der Waals surface area (Å²) in [6, 6.07) is 0. The third-order valence-corrected chi connectivity index (χ3v) is 3.86. The van der Waals surface area contributed by atoms with E-state index in [2.05, 4.69) is 22.1 Å². The Morgan fingerprint density at radius 2 is 2.39 bits per heavy atom. The van der Waals surface area contributed by atoms with Gasteiger partial charge in [-0.05, 0) is 18.6 Å². The summed E-state index contributed by atoms with van der Waals surface area (Å²) in [5, 5.41) is 8.19. The Labute approximate surface area is 115 Å². The van der Waals surface area contributed by atoms with Crippen LogP contribution in [0.4, 0.5) is 0 Å². The van der Waals surface area contributed by atoms with E-state index in [0.717, 1.165) is 35.1 Å². The van der Waals surface area contributed by atoms with Crippen LogP contribution in [0.15, 0.2) is 6.20 Å². The first-order valence-corrected chi connectivity index (χ1v) is 7.08. The fourth-order valence-corrected chi connectivity index (χ4v) is 2.78. The molecule has 18 heavy (non-hydrogen) atoms. The lowest BCUT2D eigenvalue weighted by atomic mass is 10.4. The number of aromatic nitrogens is 4. The second-order valence-corrected chi connectivity index (χ2v) is 5.37. The van der Waals surface area contributed by atoms with Gasteiger partial charge in [0, 0.05) is 26.3 Å². The van der Waals surface area contributed by atoms with Crippen LogP contribution < -0.4 is 0 Å². The van der Waals surface area contributed by atoms with Gasteiger partial charge < -0.3 is 4.74 Å². The predicted octanol–water partition coefficient (Wildman–Crippen LogP) is 2.66. The largest absolute Gasteiger partial charge is 0.384 e. The lowest BCUT2D eigenvalue weighted by Gasteiger charge is -2.01. The van der Waals surface area contributed by atoms with Gasteiger partial charge in [0.15, 0.2) is 10.6 Å². The Morgan fingerprint density at radius 3 is 3.11 bits per heavy atom. The van der Waals surface area contributed by atoms with E-state index >= 15 is 0 Å². The summed E-state index contributed by atoms with van der Waals surface area (Å²) in [7, 11) is 1.70. The van der Waals surface area contributed by atoms with Crippen LogP contribution in [0.25, 0.3) is 10.7 Å². The molecule has 0 spiro atoms. The normalized spacial score (nSPS) is 11.0. The van der Waals surface area contributed by atoms with Gasteiger partial charge in [0.1, 0.15) is 0 Å². The van der Waals surface area contributed by atoms with Crippen molar-refractivity contribution in [3.05, 3.63) is 16.0 Å². The molecule has 0 fully saturated rings. The van der Waals surface area contributed by atoms with Gasteiger partial charge in [0.25, 0.3) is 0 Å². The predicted molar refractivity (Wildman–Crippen MR) is 74.4 cm³/mol. The maximum Gasteiger partial charge on any atom is 0.195 e. The molecule has 98 valence electrons. The van der Waals surface area contributed by atoms with Crippen molar-refractivity contribution in [2.75, 3.05) is 13.7 Å². The fourth-order valence-electron chi connectivity index (χ4n) is 1.66. The highest BCUT2D eigenvalue weighted by molar-refractivity contribution is 7.71. The summed E-state index contributed by atoms with van der Waals surface area (Å²) in [4.78, 5) is 5.42. The van der Waals surface area contributed by atoms with E-state index in [0.29, 0.717) is 11.4 Å². The van der Waals surface area contributed by atoms with Gasteiger partial charge in [-0.2, -0.15) is 5.10 Å². The van der Waals surface area contributed by atoms with Crippen molar-refractivity contribution in [1.82, 2.24) is 19.7 Å². The Morgan fingerprint density at radius 1 is 1.56 bits per heavy atom. The minimum atomic E-state index is 0.665. The quantitative estimate of drug-likeness (QED) is 0.829. The number of ether oxygens (including phenoxy) is 1. The van der Waals surface area contributed by atoms with Crippen LogP contribution in [0.3, 0.4) is 0 Å². The number of thiazole rings is 1. The minimum Gasteiger partial charge on any atom is -0.384 e. The molecule has 7 heteroatoms. The van der Waals surface area contributed by atoms with Gasteiger partial charge in [-0.3, -0.25) is 9.67 Å². The highest BCUT2D eigenvalue weighted by Gasteiger charge is 2.11. The Kier molecular flexibility index (Phi) is 4.62. The molecule has 0 atom stereocenters. The van der Waals surface area contributed by atoms with Crippen LogP contribution in [-0.2, 0) is 17.7 Å². The molecule has 0 radical (unpaired) electrons. The minimum absolute atomic E-state index is 0.665. The van der Waals surface area contributed by atoms with Crippen LogP contribution >= 0.6 is 23.6 Å². The van der Waals surface area contributed by atoms with Crippen molar-refractivity contribution in [3.63, 3.8) is 0 Å². The standard InChI is InChI=1S/C11H16N4OS2/c1-3-5-15-10(13-14-11(15)17)8-7-12-9(18-8)4-6-16-2/h7H,3-6H2,1-2H3,(H,14,17). The first kappa shape index (κ1) is 13.4. The number of rotatable bonds is 6. The number of methoxy groups -OCH3 is 1. The van der Waals surface area contributed by atoms with Crippen molar-refractivity contribution in [2.24, 2.45) is 0 Å². The molecular formula is C11H16N4OS2. The maximum absolute atomic E-state index is 5.22. The molecule has 2 rings (SSSR count). The zero-order chi connectivity index (χ0) is 13.0. The zero-order valence-corrected chi connectivity index (χ0v) is 12.1. The summed E-state index contributed by atoms with van der Waals surface area (Å²) in [6.07, 6.45) is 3.71. The fraction of sp³-hybridized carbons (Fsp3) is 0.545. The number of nitrogens with zero attached hydrogens (tertiary/aromatic N) is 3. The SMILES string of the molecule is CCCn1c(-c2cnc(CCOC)s2)n[nH]c1=S. The zero-order valence-electron chi connectivity index (χ0n) is 10.5. The highest BCUT2D eigenvalue weighted by Crippen LogP contribution is 2.25. The molecule has 0 unspecified atom stereocenters. The van der Waals surface area contributed by atoms with E-state index in [9.17, 15) is 0 Å². The number of aromatic amines is 1. The Hall–Kier alpha value is -1.05. The van der Waals surface area contributed by atoms with Gasteiger partial charge in [0.05, 0.1) is 16.5 Å². The van der Waals surface area contributed by atoms with Crippen molar-refractivity contribution in [3.8, 4) is 10.7 Å². The lowest BCUT2D eigenvalue weighted by Crippen LogP contribution is -1.98. The van der Waals surface area contributed by atoms with Crippen molar-refractivity contribution in [2.45, 2.75) is 26.3 Å². The summed E-state index contributed by atoms with van der Waals surface area (Å²) >= 11 is 6.86. The van der Waals surface area contributed by atoms with Crippen molar-refractivity contribution >= 4 is 23.6 Å². The summed E-state index contributed by atoms with van der Waals surface area (Å²) in [6.45, 7) is 3.68. The van der Waals surface area contributed by atoms with E-state index in [4.69, 9.17) is 17.0 Å². The second kappa shape index (κ2) is 6.21. The number of hydrogen-bond donors (Lipinski definition) is 1. The van der Waals surface area contributed by atoms with Crippen LogP contribution in [0.5, 0.6) is 0 Å². The van der Waals surface area contributed by atoms with Crippen LogP contribution in [-0.4, -0.2) is 33.5 Å². The van der Waals surface area contributed by atoms with Crippen LogP contribution in [0.1, 0.15) is 18.4 Å².